The Labute approximate surface area is 116 Å². The van der Waals surface area contributed by atoms with Gasteiger partial charge in [0.05, 0.1) is 5.29 Å². The molecule has 0 aromatic heterocycles. The van der Waals surface area contributed by atoms with Crippen molar-refractivity contribution in [2.24, 2.45) is 5.29 Å². The van der Waals surface area contributed by atoms with Gasteiger partial charge in [-0.1, -0.05) is 56.5 Å². The lowest BCUT2D eigenvalue weighted by Gasteiger charge is -2.21. The standard InChI is InChI=1S/C16H22N2O/c1-3-5-6-10-13-16(18(17-19)14-4-2)15-11-8-7-9-12-15/h7-9,11-12,16H,3-6,14H2,1-2H3. The summed E-state index contributed by atoms with van der Waals surface area (Å²) >= 11 is 0. The minimum absolute atomic E-state index is 0.226. The van der Waals surface area contributed by atoms with E-state index in [0.29, 0.717) is 6.54 Å². The maximum absolute atomic E-state index is 11.0. The molecule has 1 aromatic carbocycles. The maximum atomic E-state index is 11.0. The van der Waals surface area contributed by atoms with Crippen molar-refractivity contribution in [1.29, 1.82) is 0 Å². The Balaban J connectivity index is 2.89. The van der Waals surface area contributed by atoms with Gasteiger partial charge in [-0.05, 0) is 18.4 Å². The Morgan fingerprint density at radius 3 is 2.53 bits per heavy atom. The molecule has 3 nitrogen and oxygen atoms in total. The Morgan fingerprint density at radius 2 is 1.95 bits per heavy atom. The van der Waals surface area contributed by atoms with Crippen LogP contribution in [0.25, 0.3) is 0 Å². The van der Waals surface area contributed by atoms with Crippen molar-refractivity contribution >= 4 is 0 Å². The fraction of sp³-hybridized carbons (Fsp3) is 0.500. The van der Waals surface area contributed by atoms with Crippen molar-refractivity contribution in [3.05, 3.63) is 40.8 Å². The third-order valence-electron chi connectivity index (χ3n) is 2.87. The highest BCUT2D eigenvalue weighted by Gasteiger charge is 2.16. The molecule has 1 unspecified atom stereocenters. The minimum atomic E-state index is -0.226. The van der Waals surface area contributed by atoms with E-state index in [9.17, 15) is 4.91 Å². The number of hydrogen-bond acceptors (Lipinski definition) is 2. The highest BCUT2D eigenvalue weighted by Crippen LogP contribution is 2.20. The van der Waals surface area contributed by atoms with Gasteiger partial charge in [0.15, 0.2) is 0 Å². The first kappa shape index (κ1) is 15.2. The average molecular weight is 258 g/mol. The first-order valence-corrected chi connectivity index (χ1v) is 6.96. The van der Waals surface area contributed by atoms with Crippen LogP contribution in [-0.2, 0) is 0 Å². The molecule has 0 N–H and O–H groups in total. The van der Waals surface area contributed by atoms with Crippen molar-refractivity contribution in [1.82, 2.24) is 5.01 Å². The van der Waals surface area contributed by atoms with E-state index in [1.54, 1.807) is 0 Å². The largest absolute Gasteiger partial charge is 0.241 e. The minimum Gasteiger partial charge on any atom is -0.241 e. The second-order valence-electron chi connectivity index (χ2n) is 4.48. The van der Waals surface area contributed by atoms with Crippen LogP contribution in [-0.4, -0.2) is 11.6 Å². The summed E-state index contributed by atoms with van der Waals surface area (Å²) in [5.41, 5.74) is 1.03. The molecule has 0 heterocycles. The normalized spacial score (nSPS) is 11.3. The third-order valence-corrected chi connectivity index (χ3v) is 2.87. The zero-order valence-electron chi connectivity index (χ0n) is 11.8. The molecule has 0 aliphatic heterocycles. The molecule has 0 aliphatic rings. The fourth-order valence-corrected chi connectivity index (χ4v) is 1.85. The molecular formula is C16H22N2O. The molecule has 0 aliphatic carbocycles. The number of nitroso groups, excluding NO2 is 1. The van der Waals surface area contributed by atoms with Crippen molar-refractivity contribution in [3.8, 4) is 11.8 Å². The van der Waals surface area contributed by atoms with Gasteiger partial charge in [-0.2, -0.15) is 0 Å². The van der Waals surface area contributed by atoms with Crippen LogP contribution in [0, 0.1) is 16.7 Å². The highest BCUT2D eigenvalue weighted by molar-refractivity contribution is 5.27. The van der Waals surface area contributed by atoms with Gasteiger partial charge in [-0.15, -0.1) is 10.8 Å². The predicted octanol–water partition coefficient (Wildman–Crippen LogP) is 4.31. The number of nitrogens with zero attached hydrogens (tertiary/aromatic N) is 2. The molecule has 3 heteroatoms. The second-order valence-corrected chi connectivity index (χ2v) is 4.48. The third kappa shape index (κ3) is 5.13. The molecule has 0 spiro atoms. The van der Waals surface area contributed by atoms with Crippen LogP contribution >= 0.6 is 0 Å². The monoisotopic (exact) mass is 258 g/mol. The van der Waals surface area contributed by atoms with Gasteiger partial charge in [0.25, 0.3) is 0 Å². The number of rotatable bonds is 7. The van der Waals surface area contributed by atoms with E-state index >= 15 is 0 Å². The van der Waals surface area contributed by atoms with Gasteiger partial charge in [-0.3, -0.25) is 0 Å². The van der Waals surface area contributed by atoms with Crippen molar-refractivity contribution in [3.63, 3.8) is 0 Å². The summed E-state index contributed by atoms with van der Waals surface area (Å²) < 4.78 is 0. The van der Waals surface area contributed by atoms with E-state index in [1.165, 1.54) is 5.01 Å². The summed E-state index contributed by atoms with van der Waals surface area (Å²) in [6.45, 7) is 4.81. The Bertz CT molecular complexity index is 419. The van der Waals surface area contributed by atoms with Crippen LogP contribution in [0.15, 0.2) is 35.6 Å². The average Bonchev–Trinajstić information content (AvgIpc) is 2.46. The maximum Gasteiger partial charge on any atom is 0.135 e. The summed E-state index contributed by atoms with van der Waals surface area (Å²) in [7, 11) is 0. The SMILES string of the molecule is CCCCC#CC(c1ccccc1)N(CCC)N=O. The molecule has 1 rings (SSSR count). The molecule has 0 saturated carbocycles. The summed E-state index contributed by atoms with van der Waals surface area (Å²) in [5, 5.41) is 4.67. The zero-order valence-corrected chi connectivity index (χ0v) is 11.8. The van der Waals surface area contributed by atoms with Crippen LogP contribution < -0.4 is 0 Å². The van der Waals surface area contributed by atoms with Gasteiger partial charge in [-0.25, -0.2) is 5.01 Å². The molecule has 0 saturated heterocycles. The van der Waals surface area contributed by atoms with Crippen LogP contribution in [0.4, 0.5) is 0 Å². The van der Waals surface area contributed by atoms with E-state index in [4.69, 9.17) is 0 Å². The Kier molecular flexibility index (Phi) is 7.34. The molecule has 1 aromatic rings. The molecule has 0 radical (unpaired) electrons. The number of unbranched alkanes of at least 4 members (excludes halogenated alkanes) is 2. The van der Waals surface area contributed by atoms with Crippen molar-refractivity contribution in [2.45, 2.75) is 45.6 Å². The molecule has 0 fully saturated rings. The van der Waals surface area contributed by atoms with E-state index in [0.717, 1.165) is 31.2 Å². The second kappa shape index (κ2) is 9.16. The molecule has 0 bridgehead atoms. The summed E-state index contributed by atoms with van der Waals surface area (Å²) in [6.07, 6.45) is 3.98. The summed E-state index contributed by atoms with van der Waals surface area (Å²) in [5.74, 6) is 6.36. The van der Waals surface area contributed by atoms with Gasteiger partial charge < -0.3 is 0 Å². The van der Waals surface area contributed by atoms with E-state index < -0.39 is 0 Å². The van der Waals surface area contributed by atoms with E-state index in [2.05, 4.69) is 24.1 Å². The van der Waals surface area contributed by atoms with Gasteiger partial charge in [0.1, 0.15) is 6.04 Å². The van der Waals surface area contributed by atoms with Crippen molar-refractivity contribution < 1.29 is 0 Å². The summed E-state index contributed by atoms with van der Waals surface area (Å²) in [4.78, 5) is 11.0. The van der Waals surface area contributed by atoms with E-state index in [-0.39, 0.29) is 6.04 Å². The van der Waals surface area contributed by atoms with Crippen LogP contribution in [0.3, 0.4) is 0 Å². The Hall–Kier alpha value is -1.82. The molecule has 19 heavy (non-hydrogen) atoms. The van der Waals surface area contributed by atoms with E-state index in [1.807, 2.05) is 37.3 Å². The zero-order chi connectivity index (χ0) is 13.9. The van der Waals surface area contributed by atoms with Crippen LogP contribution in [0.1, 0.15) is 51.1 Å². The molecule has 102 valence electrons. The first-order valence-electron chi connectivity index (χ1n) is 6.96. The lowest BCUT2D eigenvalue weighted by atomic mass is 10.1. The van der Waals surface area contributed by atoms with Gasteiger partial charge in [0.2, 0.25) is 0 Å². The number of benzene rings is 1. The first-order chi connectivity index (χ1) is 9.33. The smallest absolute Gasteiger partial charge is 0.135 e. The van der Waals surface area contributed by atoms with Crippen LogP contribution in [0.5, 0.6) is 0 Å². The fourth-order valence-electron chi connectivity index (χ4n) is 1.85. The molecular weight excluding hydrogens is 236 g/mol. The quantitative estimate of drug-likeness (QED) is 0.316. The summed E-state index contributed by atoms with van der Waals surface area (Å²) in [6, 6.07) is 9.65. The lowest BCUT2D eigenvalue weighted by Crippen LogP contribution is -2.23. The Morgan fingerprint density at radius 1 is 1.21 bits per heavy atom. The molecule has 0 amide bonds. The van der Waals surface area contributed by atoms with Gasteiger partial charge in [0, 0.05) is 13.0 Å². The highest BCUT2D eigenvalue weighted by atomic mass is 16.3. The predicted molar refractivity (Wildman–Crippen MR) is 79.3 cm³/mol. The van der Waals surface area contributed by atoms with Crippen LogP contribution in [0.2, 0.25) is 0 Å². The topological polar surface area (TPSA) is 32.7 Å². The molecule has 1 atom stereocenters. The number of hydrogen-bond donors (Lipinski definition) is 0. The lowest BCUT2D eigenvalue weighted by molar-refractivity contribution is 0.246. The van der Waals surface area contributed by atoms with Gasteiger partial charge >= 0.3 is 0 Å². The van der Waals surface area contributed by atoms with Crippen molar-refractivity contribution in [2.75, 3.05) is 6.54 Å².